The quantitative estimate of drug-likeness (QED) is 0.940. The Kier molecular flexibility index (Phi) is 6.92. The van der Waals surface area contributed by atoms with E-state index in [2.05, 4.69) is 19.7 Å². The predicted molar refractivity (Wildman–Crippen MR) is 66.4 cm³/mol. The summed E-state index contributed by atoms with van der Waals surface area (Å²) in [6.07, 6.45) is 3.82. The average molecular weight is 294 g/mol. The Hall–Kier alpha value is -1.66. The number of hydrogen-bond acceptors (Lipinski definition) is 4. The molecule has 0 aliphatic carbocycles. The van der Waals surface area contributed by atoms with Gasteiger partial charge in [0.25, 0.3) is 5.91 Å². The molecule has 0 atom stereocenters. The molecule has 1 amide bonds. The van der Waals surface area contributed by atoms with E-state index in [-0.39, 0.29) is 42.7 Å². The molecule has 0 spiro atoms. The zero-order chi connectivity index (χ0) is 11.4. The van der Waals surface area contributed by atoms with Crippen molar-refractivity contribution in [1.29, 1.82) is 0 Å². The van der Waals surface area contributed by atoms with E-state index in [9.17, 15) is 9.18 Å². The molecular formula is C10H10Cl2FN3O2. The molecule has 1 N–H and O–H groups in total. The van der Waals surface area contributed by atoms with Gasteiger partial charge in [-0.2, -0.15) is 0 Å². The van der Waals surface area contributed by atoms with Gasteiger partial charge in [-0.15, -0.1) is 24.8 Å². The van der Waals surface area contributed by atoms with Crippen LogP contribution in [0.5, 0.6) is 0 Å². The number of pyridine rings is 1. The molecule has 0 fully saturated rings. The molecular weight excluding hydrogens is 284 g/mol. The first kappa shape index (κ1) is 16.3. The number of oxazole rings is 1. The van der Waals surface area contributed by atoms with Crippen molar-refractivity contribution < 1.29 is 13.6 Å². The molecule has 0 aliphatic heterocycles. The van der Waals surface area contributed by atoms with Gasteiger partial charge in [0.2, 0.25) is 0 Å². The molecule has 0 aliphatic rings. The molecule has 0 aromatic carbocycles. The standard InChI is InChI=1S/C10H8FN3O2.2ClH/c11-7-2-1-3-12-8(7)4-13-10(15)9-5-16-6-14-9;;/h1-3,5-6H,4H2,(H,13,15);2*1H. The van der Waals surface area contributed by atoms with Crippen molar-refractivity contribution in [1.82, 2.24) is 15.3 Å². The van der Waals surface area contributed by atoms with E-state index >= 15 is 0 Å². The highest BCUT2D eigenvalue weighted by molar-refractivity contribution is 5.91. The molecule has 0 saturated carbocycles. The summed E-state index contributed by atoms with van der Waals surface area (Å²) in [6, 6.07) is 2.77. The highest BCUT2D eigenvalue weighted by Gasteiger charge is 2.09. The van der Waals surface area contributed by atoms with Gasteiger partial charge in [0, 0.05) is 6.20 Å². The Morgan fingerprint density at radius 3 is 2.78 bits per heavy atom. The smallest absolute Gasteiger partial charge is 0.273 e. The maximum Gasteiger partial charge on any atom is 0.273 e. The molecule has 2 aromatic heterocycles. The third-order valence-corrected chi connectivity index (χ3v) is 1.92. The van der Waals surface area contributed by atoms with Gasteiger partial charge in [-0.25, -0.2) is 9.37 Å². The van der Waals surface area contributed by atoms with Crippen LogP contribution < -0.4 is 5.32 Å². The van der Waals surface area contributed by atoms with E-state index in [1.54, 1.807) is 0 Å². The van der Waals surface area contributed by atoms with Gasteiger partial charge in [0.05, 0.1) is 12.2 Å². The summed E-state index contributed by atoms with van der Waals surface area (Å²) in [5.74, 6) is -0.887. The molecule has 2 heterocycles. The van der Waals surface area contributed by atoms with E-state index in [1.165, 1.54) is 24.6 Å². The Bertz CT molecular complexity index is 494. The number of halogens is 3. The minimum atomic E-state index is -0.456. The third kappa shape index (κ3) is 3.97. The average Bonchev–Trinajstić information content (AvgIpc) is 2.81. The first-order chi connectivity index (χ1) is 7.77. The van der Waals surface area contributed by atoms with Crippen molar-refractivity contribution in [3.63, 3.8) is 0 Å². The second-order valence-corrected chi connectivity index (χ2v) is 2.99. The number of amides is 1. The first-order valence-electron chi connectivity index (χ1n) is 4.53. The maximum atomic E-state index is 13.1. The maximum absolute atomic E-state index is 13.1. The number of rotatable bonds is 3. The number of carbonyl (C=O) groups excluding carboxylic acids is 1. The van der Waals surface area contributed by atoms with E-state index in [0.29, 0.717) is 0 Å². The monoisotopic (exact) mass is 293 g/mol. The van der Waals surface area contributed by atoms with Crippen molar-refractivity contribution >= 4 is 30.7 Å². The Morgan fingerprint density at radius 2 is 2.17 bits per heavy atom. The fraction of sp³-hybridized carbons (Fsp3) is 0.100. The second-order valence-electron chi connectivity index (χ2n) is 2.99. The molecule has 5 nitrogen and oxygen atoms in total. The van der Waals surface area contributed by atoms with E-state index in [4.69, 9.17) is 0 Å². The summed E-state index contributed by atoms with van der Waals surface area (Å²) in [4.78, 5) is 18.9. The van der Waals surface area contributed by atoms with Gasteiger partial charge in [-0.1, -0.05) is 0 Å². The molecule has 0 bridgehead atoms. The lowest BCUT2D eigenvalue weighted by atomic mass is 10.3. The molecule has 0 unspecified atom stereocenters. The lowest BCUT2D eigenvalue weighted by Crippen LogP contribution is -2.24. The Labute approximate surface area is 115 Å². The zero-order valence-electron chi connectivity index (χ0n) is 9.00. The lowest BCUT2D eigenvalue weighted by molar-refractivity contribution is 0.0945. The van der Waals surface area contributed by atoms with Crippen molar-refractivity contribution in [2.24, 2.45) is 0 Å². The SMILES string of the molecule is Cl.Cl.O=C(NCc1ncccc1F)c1cocn1. The topological polar surface area (TPSA) is 68.0 Å². The van der Waals surface area contributed by atoms with Gasteiger partial charge in [0.1, 0.15) is 12.1 Å². The molecule has 0 saturated heterocycles. The molecule has 8 heteroatoms. The van der Waals surface area contributed by atoms with Crippen molar-refractivity contribution in [3.05, 3.63) is 48.2 Å². The molecule has 2 rings (SSSR count). The van der Waals surface area contributed by atoms with Crippen LogP contribution in [0.1, 0.15) is 16.2 Å². The first-order valence-corrected chi connectivity index (χ1v) is 4.53. The fourth-order valence-electron chi connectivity index (χ4n) is 1.13. The van der Waals surface area contributed by atoms with Crippen LogP contribution in [0.25, 0.3) is 0 Å². The van der Waals surface area contributed by atoms with Crippen LogP contribution >= 0.6 is 24.8 Å². The summed E-state index contributed by atoms with van der Waals surface area (Å²) in [6.45, 7) is 0.0123. The predicted octanol–water partition coefficient (Wildman–Crippen LogP) is 1.98. The number of hydrogen-bond donors (Lipinski definition) is 1. The minimum Gasteiger partial charge on any atom is -0.451 e. The van der Waals surface area contributed by atoms with Crippen LogP contribution in [0.2, 0.25) is 0 Å². The van der Waals surface area contributed by atoms with Gasteiger partial charge >= 0.3 is 0 Å². The van der Waals surface area contributed by atoms with Gasteiger partial charge < -0.3 is 9.73 Å². The Morgan fingerprint density at radius 1 is 1.39 bits per heavy atom. The normalized spacial score (nSPS) is 8.94. The van der Waals surface area contributed by atoms with Crippen LogP contribution in [0.4, 0.5) is 4.39 Å². The van der Waals surface area contributed by atoms with Gasteiger partial charge in [-0.05, 0) is 12.1 Å². The van der Waals surface area contributed by atoms with Crippen LogP contribution in [-0.4, -0.2) is 15.9 Å². The van der Waals surface area contributed by atoms with Crippen LogP contribution in [0.15, 0.2) is 35.4 Å². The largest absolute Gasteiger partial charge is 0.451 e. The van der Waals surface area contributed by atoms with Crippen LogP contribution in [0.3, 0.4) is 0 Å². The van der Waals surface area contributed by atoms with Crippen molar-refractivity contribution in [2.45, 2.75) is 6.54 Å². The van der Waals surface area contributed by atoms with E-state index in [1.807, 2.05) is 0 Å². The van der Waals surface area contributed by atoms with Crippen molar-refractivity contribution in [3.8, 4) is 0 Å². The molecule has 2 aromatic rings. The number of aromatic nitrogens is 2. The van der Waals surface area contributed by atoms with E-state index < -0.39 is 11.7 Å². The highest BCUT2D eigenvalue weighted by Crippen LogP contribution is 2.02. The summed E-state index contributed by atoms with van der Waals surface area (Å²) in [5, 5.41) is 2.48. The van der Waals surface area contributed by atoms with Gasteiger partial charge in [0.15, 0.2) is 12.1 Å². The van der Waals surface area contributed by atoms with Crippen molar-refractivity contribution in [2.75, 3.05) is 0 Å². The number of carbonyl (C=O) groups is 1. The summed E-state index contributed by atoms with van der Waals surface area (Å²) < 4.78 is 17.8. The fourth-order valence-corrected chi connectivity index (χ4v) is 1.13. The van der Waals surface area contributed by atoms with Gasteiger partial charge in [-0.3, -0.25) is 9.78 Å². The molecule has 98 valence electrons. The molecule has 18 heavy (non-hydrogen) atoms. The summed E-state index contributed by atoms with van der Waals surface area (Å²) >= 11 is 0. The lowest BCUT2D eigenvalue weighted by Gasteiger charge is -2.02. The number of nitrogens with zero attached hydrogens (tertiary/aromatic N) is 2. The minimum absolute atomic E-state index is 0. The summed E-state index contributed by atoms with van der Waals surface area (Å²) in [7, 11) is 0. The highest BCUT2D eigenvalue weighted by atomic mass is 35.5. The van der Waals surface area contributed by atoms with Crippen LogP contribution in [-0.2, 0) is 6.54 Å². The second kappa shape index (κ2) is 7.62. The Balaban J connectivity index is 0.00000144. The van der Waals surface area contributed by atoms with Crippen LogP contribution in [0, 0.1) is 5.82 Å². The van der Waals surface area contributed by atoms with E-state index in [0.717, 1.165) is 6.39 Å². The third-order valence-electron chi connectivity index (χ3n) is 1.92. The number of nitrogens with one attached hydrogen (secondary N) is 1. The summed E-state index contributed by atoms with van der Waals surface area (Å²) in [5.41, 5.74) is 0.329. The zero-order valence-corrected chi connectivity index (χ0v) is 10.6. The molecule has 0 radical (unpaired) electrons.